The number of aromatic nitrogens is 4. The summed E-state index contributed by atoms with van der Waals surface area (Å²) in [4.78, 5) is 14.0. The molecule has 9 nitrogen and oxygen atoms in total. The zero-order valence-corrected chi connectivity index (χ0v) is 30.2. The molecule has 0 saturated carbocycles. The molecule has 1 unspecified atom stereocenters. The number of phenolic OH excluding ortho intramolecular Hbond substituents is 1. The van der Waals surface area contributed by atoms with Gasteiger partial charge in [0.2, 0.25) is 5.16 Å². The maximum absolute atomic E-state index is 13.4. The van der Waals surface area contributed by atoms with Crippen molar-refractivity contribution in [2.24, 2.45) is 0 Å². The summed E-state index contributed by atoms with van der Waals surface area (Å²) < 4.78 is 13.3. The van der Waals surface area contributed by atoms with Crippen LogP contribution < -0.4 is 14.8 Å². The van der Waals surface area contributed by atoms with Gasteiger partial charge >= 0.3 is 0 Å². The number of rotatable bonds is 23. The van der Waals surface area contributed by atoms with E-state index in [9.17, 15) is 9.90 Å². The van der Waals surface area contributed by atoms with Crippen molar-refractivity contribution in [1.82, 2.24) is 20.2 Å². The Morgan fingerprint density at radius 1 is 0.857 bits per heavy atom. The Hall–Kier alpha value is -4.05. The molecule has 1 amide bonds. The molecule has 0 aliphatic carbocycles. The Labute approximate surface area is 296 Å². The number of hydrogen-bond acceptors (Lipinski definition) is 8. The van der Waals surface area contributed by atoms with Crippen LogP contribution in [0.3, 0.4) is 0 Å². The normalized spacial score (nSPS) is 11.7. The highest BCUT2D eigenvalue weighted by Crippen LogP contribution is 2.40. The number of carbonyl (C=O) groups excluding carboxylic acids is 1. The maximum Gasteiger partial charge on any atom is 0.265 e. The van der Waals surface area contributed by atoms with Gasteiger partial charge in [-0.3, -0.25) is 4.79 Å². The Bertz CT molecular complexity index is 1550. The molecule has 4 rings (SSSR count). The van der Waals surface area contributed by atoms with E-state index in [1.807, 2.05) is 55.5 Å². The number of phenols is 1. The first-order chi connectivity index (χ1) is 24.0. The van der Waals surface area contributed by atoms with Crippen molar-refractivity contribution in [3.05, 3.63) is 72.3 Å². The lowest BCUT2D eigenvalue weighted by Gasteiger charge is -2.19. The number of tetrazole rings is 1. The molecule has 0 radical (unpaired) electrons. The zero-order chi connectivity index (χ0) is 34.7. The van der Waals surface area contributed by atoms with E-state index in [-0.39, 0.29) is 17.3 Å². The van der Waals surface area contributed by atoms with Crippen molar-refractivity contribution in [3.63, 3.8) is 0 Å². The van der Waals surface area contributed by atoms with E-state index in [4.69, 9.17) is 9.47 Å². The summed E-state index contributed by atoms with van der Waals surface area (Å²) >= 11 is 1.26. The van der Waals surface area contributed by atoms with Crippen LogP contribution in [0.15, 0.2) is 76.8 Å². The number of amides is 1. The molecule has 1 heterocycles. The molecule has 0 spiro atoms. The molecule has 10 heteroatoms. The molecule has 264 valence electrons. The average molecular weight is 688 g/mol. The fourth-order valence-electron chi connectivity index (χ4n) is 5.78. The van der Waals surface area contributed by atoms with Crippen LogP contribution in [0, 0.1) is 0 Å². The molecule has 0 aliphatic rings. The second kappa shape index (κ2) is 21.1. The van der Waals surface area contributed by atoms with Gasteiger partial charge in [-0.05, 0) is 77.3 Å². The monoisotopic (exact) mass is 687 g/mol. The summed E-state index contributed by atoms with van der Waals surface area (Å²) in [5, 5.41) is 26.2. The number of hydrogen-bond donors (Lipinski definition) is 2. The van der Waals surface area contributed by atoms with E-state index < -0.39 is 6.10 Å². The molecular weight excluding hydrogens is 635 g/mol. The summed E-state index contributed by atoms with van der Waals surface area (Å²) in [5.41, 5.74) is 2.26. The number of aromatic hydroxyl groups is 1. The summed E-state index contributed by atoms with van der Waals surface area (Å²) in [6.45, 7) is 4.17. The smallest absolute Gasteiger partial charge is 0.265 e. The molecule has 2 N–H and O–H groups in total. The summed E-state index contributed by atoms with van der Waals surface area (Å²) in [7, 11) is 1.52. The minimum absolute atomic E-state index is 0.119. The highest BCUT2D eigenvalue weighted by Gasteiger charge is 2.22. The van der Waals surface area contributed by atoms with E-state index in [1.165, 1.54) is 108 Å². The lowest BCUT2D eigenvalue weighted by molar-refractivity contribution is -0.122. The average Bonchev–Trinajstić information content (AvgIpc) is 3.59. The van der Waals surface area contributed by atoms with E-state index in [2.05, 4.69) is 33.8 Å². The number of ether oxygens (including phenoxy) is 2. The Morgan fingerprint density at radius 3 is 2.18 bits per heavy atom. The lowest BCUT2D eigenvalue weighted by atomic mass is 10.0. The molecular formula is C39H53N5O4S. The van der Waals surface area contributed by atoms with Crippen molar-refractivity contribution in [2.45, 2.75) is 126 Å². The molecule has 0 saturated heterocycles. The summed E-state index contributed by atoms with van der Waals surface area (Å²) in [6.07, 6.45) is 18.1. The van der Waals surface area contributed by atoms with Crippen LogP contribution in [0.4, 0.5) is 5.69 Å². The largest absolute Gasteiger partial charge is 0.506 e. The van der Waals surface area contributed by atoms with Gasteiger partial charge < -0.3 is 19.9 Å². The number of unbranched alkanes of at least 4 members (excludes halogenated alkanes) is 12. The van der Waals surface area contributed by atoms with Crippen LogP contribution in [0.2, 0.25) is 0 Å². The molecule has 1 atom stereocenters. The van der Waals surface area contributed by atoms with Crippen LogP contribution >= 0.6 is 11.8 Å². The maximum atomic E-state index is 13.4. The standard InChI is InChI=1S/C39H53N5O4S/c1-4-6-7-8-9-10-11-12-13-14-15-16-18-22-30-23-21-26-32(27-30)48-35(5-2)38(46)40-33-28-37(36(47-3)29-34(33)45)49-39-41-42-43-44(39)31-24-19-17-20-25-31/h17,19-21,23-29,35,45H,4-16,18,22H2,1-3H3,(H,40,46). The Kier molecular flexibility index (Phi) is 16.3. The van der Waals surface area contributed by atoms with Gasteiger partial charge in [-0.2, -0.15) is 4.68 Å². The first-order valence-electron chi connectivity index (χ1n) is 18.0. The predicted octanol–water partition coefficient (Wildman–Crippen LogP) is 9.96. The Balaban J connectivity index is 1.26. The first kappa shape index (κ1) is 37.8. The lowest BCUT2D eigenvalue weighted by Crippen LogP contribution is -2.32. The third-order valence-corrected chi connectivity index (χ3v) is 9.57. The zero-order valence-electron chi connectivity index (χ0n) is 29.4. The molecule has 4 aromatic rings. The van der Waals surface area contributed by atoms with Crippen LogP contribution in [-0.2, 0) is 11.2 Å². The second-order valence-corrected chi connectivity index (χ2v) is 13.5. The number of carbonyl (C=O) groups is 1. The van der Waals surface area contributed by atoms with Crippen LogP contribution in [0.5, 0.6) is 17.2 Å². The minimum atomic E-state index is -0.741. The van der Waals surface area contributed by atoms with Gasteiger partial charge in [-0.25, -0.2) is 0 Å². The summed E-state index contributed by atoms with van der Waals surface area (Å²) in [5.74, 6) is 0.616. The van der Waals surface area contributed by atoms with E-state index >= 15 is 0 Å². The van der Waals surface area contributed by atoms with Crippen molar-refractivity contribution < 1.29 is 19.4 Å². The number of anilines is 1. The van der Waals surface area contributed by atoms with Crippen LogP contribution in [0.25, 0.3) is 5.69 Å². The van der Waals surface area contributed by atoms with Crippen molar-refractivity contribution in [1.29, 1.82) is 0 Å². The van der Waals surface area contributed by atoms with Crippen molar-refractivity contribution >= 4 is 23.4 Å². The van der Waals surface area contributed by atoms with Gasteiger partial charge in [-0.15, -0.1) is 5.10 Å². The molecule has 49 heavy (non-hydrogen) atoms. The van der Waals surface area contributed by atoms with Crippen molar-refractivity contribution in [2.75, 3.05) is 12.4 Å². The number of methoxy groups -OCH3 is 1. The van der Waals surface area contributed by atoms with Crippen molar-refractivity contribution in [3.8, 4) is 22.9 Å². The van der Waals surface area contributed by atoms with Gasteiger partial charge in [0.05, 0.1) is 23.4 Å². The van der Waals surface area contributed by atoms with E-state index in [1.54, 1.807) is 10.7 Å². The number of para-hydroxylation sites is 1. The summed E-state index contributed by atoms with van der Waals surface area (Å²) in [6, 6.07) is 20.7. The van der Waals surface area contributed by atoms with Gasteiger partial charge in [-0.1, -0.05) is 121 Å². The highest BCUT2D eigenvalue weighted by molar-refractivity contribution is 7.99. The molecule has 0 aliphatic heterocycles. The van der Waals surface area contributed by atoms with Gasteiger partial charge in [0.15, 0.2) is 6.10 Å². The molecule has 0 bridgehead atoms. The Morgan fingerprint density at radius 2 is 1.53 bits per heavy atom. The number of nitrogens with zero attached hydrogens (tertiary/aromatic N) is 4. The quantitative estimate of drug-likeness (QED) is 0.0586. The topological polar surface area (TPSA) is 111 Å². The SMILES string of the molecule is CCCCCCCCCCCCCCCc1cccc(OC(CC)C(=O)Nc2cc(Sc3nnnn3-c3ccccc3)c(OC)cc2O)c1. The number of benzene rings is 3. The second-order valence-electron chi connectivity index (χ2n) is 12.5. The molecule has 1 aromatic heterocycles. The fraction of sp³-hybridized carbons (Fsp3) is 0.487. The van der Waals surface area contributed by atoms with Crippen LogP contribution in [-0.4, -0.2) is 44.4 Å². The van der Waals surface area contributed by atoms with Crippen LogP contribution in [0.1, 0.15) is 109 Å². The van der Waals surface area contributed by atoms with Gasteiger partial charge in [0, 0.05) is 6.07 Å². The van der Waals surface area contributed by atoms with E-state index in [0.717, 1.165) is 18.5 Å². The van der Waals surface area contributed by atoms with E-state index in [0.29, 0.717) is 28.0 Å². The number of aryl methyl sites for hydroxylation is 1. The van der Waals surface area contributed by atoms with Gasteiger partial charge in [0.25, 0.3) is 5.91 Å². The molecule has 0 fully saturated rings. The third kappa shape index (κ3) is 12.4. The first-order valence-corrected chi connectivity index (χ1v) is 18.8. The minimum Gasteiger partial charge on any atom is -0.506 e. The number of nitrogens with one attached hydrogen (secondary N) is 1. The predicted molar refractivity (Wildman–Crippen MR) is 197 cm³/mol. The molecule has 3 aromatic carbocycles. The van der Waals surface area contributed by atoms with Gasteiger partial charge in [0.1, 0.15) is 17.2 Å². The fourth-order valence-corrected chi connectivity index (χ4v) is 6.70. The highest BCUT2D eigenvalue weighted by atomic mass is 32.2. The third-order valence-electron chi connectivity index (χ3n) is 8.59.